The van der Waals surface area contributed by atoms with Crippen LogP contribution >= 0.6 is 24.2 Å². The maximum atomic E-state index is 12.5. The molecule has 0 aromatic carbocycles. The number of hydrogen-bond acceptors (Lipinski definition) is 4. The van der Waals surface area contributed by atoms with Crippen molar-refractivity contribution in [2.45, 2.75) is 26.3 Å². The van der Waals surface area contributed by atoms with E-state index in [2.05, 4.69) is 30.2 Å². The van der Waals surface area contributed by atoms with Gasteiger partial charge in [-0.3, -0.25) is 9.78 Å². The molecule has 22 heavy (non-hydrogen) atoms. The number of pyridine rings is 1. The number of rotatable bonds is 6. The lowest BCUT2D eigenvalue weighted by molar-refractivity contribution is -0.131. The van der Waals surface area contributed by atoms with Crippen molar-refractivity contribution in [2.75, 3.05) is 31.1 Å². The molecule has 1 atom stereocenters. The summed E-state index contributed by atoms with van der Waals surface area (Å²) < 4.78 is 0. The van der Waals surface area contributed by atoms with Crippen molar-refractivity contribution in [2.24, 2.45) is 5.92 Å². The van der Waals surface area contributed by atoms with Gasteiger partial charge in [-0.15, -0.1) is 12.4 Å². The molecule has 4 nitrogen and oxygen atoms in total. The van der Waals surface area contributed by atoms with Crippen molar-refractivity contribution in [1.82, 2.24) is 15.2 Å². The minimum absolute atomic E-state index is 0. The highest BCUT2D eigenvalue weighted by Gasteiger charge is 2.27. The second-order valence-electron chi connectivity index (χ2n) is 5.83. The van der Waals surface area contributed by atoms with Crippen LogP contribution in [0, 0.1) is 5.92 Å². The number of carbonyl (C=O) groups is 1. The molecule has 0 bridgehead atoms. The van der Waals surface area contributed by atoms with Gasteiger partial charge in [-0.2, -0.15) is 11.8 Å². The minimum atomic E-state index is 0. The number of nitrogens with zero attached hydrogens (tertiary/aromatic N) is 2. The lowest BCUT2D eigenvalue weighted by Crippen LogP contribution is -2.49. The van der Waals surface area contributed by atoms with Crippen molar-refractivity contribution in [1.29, 1.82) is 0 Å². The first-order valence-electron chi connectivity index (χ1n) is 7.66. The van der Waals surface area contributed by atoms with Gasteiger partial charge >= 0.3 is 0 Å². The molecule has 0 spiro atoms. The van der Waals surface area contributed by atoms with E-state index in [-0.39, 0.29) is 24.4 Å². The topological polar surface area (TPSA) is 45.2 Å². The summed E-state index contributed by atoms with van der Waals surface area (Å²) in [5.74, 6) is 2.60. The fourth-order valence-electron chi connectivity index (χ4n) is 2.44. The summed E-state index contributed by atoms with van der Waals surface area (Å²) in [6, 6.07) is 4.10. The predicted molar refractivity (Wildman–Crippen MR) is 95.6 cm³/mol. The van der Waals surface area contributed by atoms with Crippen LogP contribution < -0.4 is 5.32 Å². The number of aromatic nitrogens is 1. The van der Waals surface area contributed by atoms with Crippen molar-refractivity contribution in [3.8, 4) is 0 Å². The molecule has 1 aromatic heterocycles. The van der Waals surface area contributed by atoms with Gasteiger partial charge in [0.2, 0.25) is 5.91 Å². The summed E-state index contributed by atoms with van der Waals surface area (Å²) in [5, 5.41) is 3.37. The Hall–Kier alpha value is -0.780. The van der Waals surface area contributed by atoms with Gasteiger partial charge in [0, 0.05) is 32.0 Å². The summed E-state index contributed by atoms with van der Waals surface area (Å²) in [6.45, 7) is 6.91. The third-order valence-corrected chi connectivity index (χ3v) is 4.67. The van der Waals surface area contributed by atoms with Gasteiger partial charge in [0.25, 0.3) is 0 Å². The molecule has 1 unspecified atom stereocenters. The molecule has 6 heteroatoms. The van der Waals surface area contributed by atoms with Crippen LogP contribution in [0.2, 0.25) is 0 Å². The minimum Gasteiger partial charge on any atom is -0.332 e. The molecular weight excluding hydrogens is 318 g/mol. The number of amides is 1. The molecule has 1 N–H and O–H groups in total. The van der Waals surface area contributed by atoms with E-state index in [0.29, 0.717) is 11.7 Å². The van der Waals surface area contributed by atoms with E-state index >= 15 is 0 Å². The Morgan fingerprint density at radius 1 is 1.55 bits per heavy atom. The van der Waals surface area contributed by atoms with Crippen LogP contribution in [0.4, 0.5) is 0 Å². The second-order valence-corrected chi connectivity index (χ2v) is 6.93. The van der Waals surface area contributed by atoms with E-state index in [4.69, 9.17) is 0 Å². The molecule has 1 aliphatic heterocycles. The lowest BCUT2D eigenvalue weighted by Gasteiger charge is -2.36. The fourth-order valence-corrected chi connectivity index (χ4v) is 3.56. The highest BCUT2D eigenvalue weighted by molar-refractivity contribution is 7.99. The Morgan fingerprint density at radius 2 is 2.36 bits per heavy atom. The zero-order valence-electron chi connectivity index (χ0n) is 13.3. The molecule has 1 fully saturated rings. The molecule has 2 rings (SSSR count). The highest BCUT2D eigenvalue weighted by atomic mass is 35.5. The van der Waals surface area contributed by atoms with E-state index in [1.54, 1.807) is 18.0 Å². The van der Waals surface area contributed by atoms with Gasteiger partial charge in [-0.1, -0.05) is 19.9 Å². The number of carbonyl (C=O) groups excluding carboxylic acids is 1. The molecule has 1 saturated heterocycles. The van der Waals surface area contributed by atoms with Crippen LogP contribution in [0.15, 0.2) is 24.5 Å². The van der Waals surface area contributed by atoms with Crippen LogP contribution in [-0.2, 0) is 4.79 Å². The number of thioether (sulfide) groups is 1. The molecule has 1 amide bonds. The second kappa shape index (κ2) is 10.1. The first kappa shape index (κ1) is 19.3. The number of halogens is 1. The third-order valence-electron chi connectivity index (χ3n) is 3.70. The van der Waals surface area contributed by atoms with Crippen LogP contribution in [0.5, 0.6) is 0 Å². The zero-order chi connectivity index (χ0) is 15.1. The van der Waals surface area contributed by atoms with Crippen molar-refractivity contribution in [3.05, 3.63) is 30.1 Å². The first-order chi connectivity index (χ1) is 10.2. The van der Waals surface area contributed by atoms with E-state index in [1.165, 1.54) is 6.42 Å². The Labute approximate surface area is 143 Å². The van der Waals surface area contributed by atoms with Gasteiger partial charge in [0.1, 0.15) is 0 Å². The molecule has 2 heterocycles. The van der Waals surface area contributed by atoms with Gasteiger partial charge < -0.3 is 10.2 Å². The summed E-state index contributed by atoms with van der Waals surface area (Å²) >= 11 is 1.75. The number of hydrogen-bond donors (Lipinski definition) is 1. The van der Waals surface area contributed by atoms with Crippen molar-refractivity contribution in [3.63, 3.8) is 0 Å². The monoisotopic (exact) mass is 343 g/mol. The molecule has 0 saturated carbocycles. The maximum Gasteiger partial charge on any atom is 0.233 e. The first-order valence-corrected chi connectivity index (χ1v) is 8.82. The van der Waals surface area contributed by atoms with Gasteiger partial charge in [0.15, 0.2) is 0 Å². The average Bonchev–Trinajstić information content (AvgIpc) is 2.52. The lowest BCUT2D eigenvalue weighted by atomic mass is 10.1. The third kappa shape index (κ3) is 5.78. The van der Waals surface area contributed by atoms with Gasteiger partial charge in [-0.25, -0.2) is 0 Å². The summed E-state index contributed by atoms with van der Waals surface area (Å²) in [4.78, 5) is 18.7. The predicted octanol–water partition coefficient (Wildman–Crippen LogP) is 2.76. The summed E-state index contributed by atoms with van der Waals surface area (Å²) in [6.07, 6.45) is 4.81. The smallest absolute Gasteiger partial charge is 0.233 e. The molecule has 124 valence electrons. The highest BCUT2D eigenvalue weighted by Crippen LogP contribution is 2.22. The van der Waals surface area contributed by atoms with E-state index in [9.17, 15) is 4.79 Å². The van der Waals surface area contributed by atoms with Gasteiger partial charge in [-0.05, 0) is 29.7 Å². The normalized spacial score (nSPS) is 18.1. The Balaban J connectivity index is 0.00000242. The van der Waals surface area contributed by atoms with E-state index in [0.717, 1.165) is 31.0 Å². The molecule has 1 aliphatic rings. The Morgan fingerprint density at radius 3 is 3.05 bits per heavy atom. The number of nitrogens with one attached hydrogen (secondary N) is 1. The van der Waals surface area contributed by atoms with E-state index in [1.807, 2.05) is 17.2 Å². The van der Waals surface area contributed by atoms with Gasteiger partial charge in [0.05, 0.1) is 11.8 Å². The SMILES string of the molecule is CC(C)CCSCC(=O)N1CCNCC1c1cccnc1.Cl. The molecule has 0 radical (unpaired) electrons. The van der Waals surface area contributed by atoms with Crippen molar-refractivity contribution >= 4 is 30.1 Å². The van der Waals surface area contributed by atoms with Crippen LogP contribution in [0.1, 0.15) is 31.9 Å². The van der Waals surface area contributed by atoms with E-state index < -0.39 is 0 Å². The van der Waals surface area contributed by atoms with Crippen LogP contribution in [0.25, 0.3) is 0 Å². The average molecular weight is 344 g/mol. The van der Waals surface area contributed by atoms with Crippen LogP contribution in [0.3, 0.4) is 0 Å². The Kier molecular flexibility index (Phi) is 8.83. The van der Waals surface area contributed by atoms with Crippen LogP contribution in [-0.4, -0.2) is 46.9 Å². The molecule has 0 aliphatic carbocycles. The Bertz CT molecular complexity index is 444. The molecular formula is C16H26ClN3OS. The fraction of sp³-hybridized carbons (Fsp3) is 0.625. The standard InChI is InChI=1S/C16H25N3OS.ClH/c1-13(2)5-9-21-12-16(20)19-8-7-18-11-15(19)14-4-3-6-17-10-14;/h3-4,6,10,13,15,18H,5,7-9,11-12H2,1-2H3;1H. The summed E-state index contributed by atoms with van der Waals surface area (Å²) in [5.41, 5.74) is 1.12. The maximum absolute atomic E-state index is 12.5. The van der Waals surface area contributed by atoms with Crippen molar-refractivity contribution < 1.29 is 4.79 Å². The summed E-state index contributed by atoms with van der Waals surface area (Å²) in [7, 11) is 0. The quantitative estimate of drug-likeness (QED) is 0.807. The molecule has 1 aromatic rings. The zero-order valence-corrected chi connectivity index (χ0v) is 15.0. The number of piperazine rings is 1. The largest absolute Gasteiger partial charge is 0.332 e.